The average Bonchev–Trinajstić information content (AvgIpc) is 2.59. The molecule has 1 saturated heterocycles. The molecule has 9 heteroatoms. The minimum absolute atomic E-state index is 0. The van der Waals surface area contributed by atoms with Crippen molar-refractivity contribution in [3.8, 4) is 0 Å². The summed E-state index contributed by atoms with van der Waals surface area (Å²) in [6, 6.07) is 8.31. The quantitative estimate of drug-likeness (QED) is 0.551. The van der Waals surface area contributed by atoms with Gasteiger partial charge in [-0.05, 0) is 50.1 Å². The highest BCUT2D eigenvalue weighted by molar-refractivity contribution is 5.86. The SMILES string of the molecule is Cl.Cl.Cl.Cl.OCc1ccc(CN2CCCNCCNCCCNCC2)cc1. The number of hydrogen-bond acceptors (Lipinski definition) is 5. The monoisotopic (exact) mass is 464 g/mol. The minimum atomic E-state index is 0. The highest BCUT2D eigenvalue weighted by atomic mass is 35.5. The van der Waals surface area contributed by atoms with Gasteiger partial charge in [-0.15, -0.1) is 49.6 Å². The molecular formula is C18H36Cl4N4O. The lowest BCUT2D eigenvalue weighted by Gasteiger charge is -2.23. The molecule has 4 N–H and O–H groups in total. The molecule has 1 aromatic rings. The van der Waals surface area contributed by atoms with Crippen molar-refractivity contribution in [3.05, 3.63) is 35.4 Å². The van der Waals surface area contributed by atoms with Gasteiger partial charge in [0.2, 0.25) is 0 Å². The van der Waals surface area contributed by atoms with Crippen LogP contribution in [0.4, 0.5) is 0 Å². The zero-order valence-electron chi connectivity index (χ0n) is 15.8. The van der Waals surface area contributed by atoms with Gasteiger partial charge >= 0.3 is 0 Å². The predicted octanol–water partition coefficient (Wildman–Crippen LogP) is 2.23. The summed E-state index contributed by atoms with van der Waals surface area (Å²) >= 11 is 0. The second kappa shape index (κ2) is 20.9. The number of aliphatic hydroxyl groups excluding tert-OH is 1. The Morgan fingerprint density at radius 3 is 1.78 bits per heavy atom. The van der Waals surface area contributed by atoms with E-state index in [9.17, 15) is 0 Å². The third kappa shape index (κ3) is 14.8. The van der Waals surface area contributed by atoms with Gasteiger partial charge in [-0.1, -0.05) is 24.3 Å². The van der Waals surface area contributed by atoms with Crippen LogP contribution in [0.1, 0.15) is 24.0 Å². The molecule has 0 amide bonds. The summed E-state index contributed by atoms with van der Waals surface area (Å²) in [6.45, 7) is 9.70. The van der Waals surface area contributed by atoms with Crippen LogP contribution in [0.5, 0.6) is 0 Å². The van der Waals surface area contributed by atoms with Crippen LogP contribution in [-0.4, -0.2) is 62.4 Å². The standard InChI is InChI=1S/C18H32N4O.4ClH/c23-16-18-5-3-17(4-6-18)15-22-13-2-9-20-11-10-19-7-1-8-21-12-14-22;;;;/h3-6,19-21,23H,1-2,7-16H2;4*1H. The van der Waals surface area contributed by atoms with Crippen LogP contribution in [0.2, 0.25) is 0 Å². The van der Waals surface area contributed by atoms with E-state index in [1.54, 1.807) is 0 Å². The Morgan fingerprint density at radius 1 is 0.667 bits per heavy atom. The Balaban J connectivity index is -0.00000144. The lowest BCUT2D eigenvalue weighted by atomic mass is 10.1. The van der Waals surface area contributed by atoms with E-state index >= 15 is 0 Å². The Bertz CT molecular complexity index is 412. The highest BCUT2D eigenvalue weighted by Gasteiger charge is 2.06. The largest absolute Gasteiger partial charge is 0.392 e. The highest BCUT2D eigenvalue weighted by Crippen LogP contribution is 2.08. The van der Waals surface area contributed by atoms with E-state index in [-0.39, 0.29) is 56.2 Å². The molecule has 0 radical (unpaired) electrons. The third-order valence-electron chi connectivity index (χ3n) is 4.23. The second-order valence-corrected chi connectivity index (χ2v) is 6.21. The van der Waals surface area contributed by atoms with Crippen LogP contribution in [0, 0.1) is 0 Å². The number of benzene rings is 1. The summed E-state index contributed by atoms with van der Waals surface area (Å²) in [4.78, 5) is 2.52. The summed E-state index contributed by atoms with van der Waals surface area (Å²) in [5.74, 6) is 0. The van der Waals surface area contributed by atoms with E-state index in [2.05, 4.69) is 33.0 Å². The van der Waals surface area contributed by atoms with Gasteiger partial charge in [0.1, 0.15) is 0 Å². The summed E-state index contributed by atoms with van der Waals surface area (Å²) in [7, 11) is 0. The van der Waals surface area contributed by atoms with Crippen molar-refractivity contribution in [1.29, 1.82) is 0 Å². The normalized spacial score (nSPS) is 17.1. The van der Waals surface area contributed by atoms with Gasteiger partial charge in [0, 0.05) is 32.7 Å². The fourth-order valence-electron chi connectivity index (χ4n) is 2.83. The molecular weight excluding hydrogens is 430 g/mol. The van der Waals surface area contributed by atoms with E-state index in [1.807, 2.05) is 12.1 Å². The molecule has 0 atom stereocenters. The number of hydrogen-bond donors (Lipinski definition) is 4. The molecule has 1 aliphatic rings. The first kappa shape index (κ1) is 31.9. The molecule has 1 aliphatic heterocycles. The molecule has 1 aromatic carbocycles. The van der Waals surface area contributed by atoms with E-state index in [0.717, 1.165) is 64.5 Å². The van der Waals surface area contributed by atoms with Crippen molar-refractivity contribution in [1.82, 2.24) is 20.9 Å². The molecule has 0 saturated carbocycles. The van der Waals surface area contributed by atoms with Crippen molar-refractivity contribution in [2.75, 3.05) is 52.4 Å². The van der Waals surface area contributed by atoms with Crippen LogP contribution in [0.3, 0.4) is 0 Å². The van der Waals surface area contributed by atoms with Crippen molar-refractivity contribution in [3.63, 3.8) is 0 Å². The maximum atomic E-state index is 9.14. The van der Waals surface area contributed by atoms with Crippen LogP contribution < -0.4 is 16.0 Å². The molecule has 1 fully saturated rings. The topological polar surface area (TPSA) is 59.6 Å². The summed E-state index contributed by atoms with van der Waals surface area (Å²) in [5.41, 5.74) is 2.30. The number of nitrogens with one attached hydrogen (secondary N) is 3. The van der Waals surface area contributed by atoms with Gasteiger partial charge in [0.25, 0.3) is 0 Å². The minimum Gasteiger partial charge on any atom is -0.392 e. The summed E-state index contributed by atoms with van der Waals surface area (Å²) in [6.07, 6.45) is 2.36. The molecule has 5 nitrogen and oxygen atoms in total. The van der Waals surface area contributed by atoms with E-state index < -0.39 is 0 Å². The van der Waals surface area contributed by atoms with Crippen LogP contribution in [0.25, 0.3) is 0 Å². The van der Waals surface area contributed by atoms with Gasteiger partial charge in [-0.3, -0.25) is 4.90 Å². The fraction of sp³-hybridized carbons (Fsp3) is 0.667. The van der Waals surface area contributed by atoms with E-state index in [1.165, 1.54) is 18.4 Å². The summed E-state index contributed by atoms with van der Waals surface area (Å²) < 4.78 is 0. The van der Waals surface area contributed by atoms with Gasteiger partial charge in [-0.2, -0.15) is 0 Å². The average molecular weight is 466 g/mol. The predicted molar refractivity (Wildman–Crippen MR) is 124 cm³/mol. The van der Waals surface area contributed by atoms with Crippen molar-refractivity contribution in [2.45, 2.75) is 26.0 Å². The molecule has 1 heterocycles. The van der Waals surface area contributed by atoms with Crippen molar-refractivity contribution in [2.24, 2.45) is 0 Å². The van der Waals surface area contributed by atoms with Gasteiger partial charge in [0.05, 0.1) is 6.61 Å². The lowest BCUT2D eigenvalue weighted by molar-refractivity contribution is 0.259. The Labute approximate surface area is 189 Å². The second-order valence-electron chi connectivity index (χ2n) is 6.21. The summed E-state index contributed by atoms with van der Waals surface area (Å²) in [5, 5.41) is 19.6. The fourth-order valence-corrected chi connectivity index (χ4v) is 2.83. The van der Waals surface area contributed by atoms with Crippen molar-refractivity contribution < 1.29 is 5.11 Å². The van der Waals surface area contributed by atoms with Crippen molar-refractivity contribution >= 4 is 49.6 Å². The van der Waals surface area contributed by atoms with Gasteiger partial charge in [-0.25, -0.2) is 0 Å². The third-order valence-corrected chi connectivity index (χ3v) is 4.23. The first-order valence-corrected chi connectivity index (χ1v) is 8.91. The zero-order valence-corrected chi connectivity index (χ0v) is 19.1. The van der Waals surface area contributed by atoms with Gasteiger partial charge in [0.15, 0.2) is 0 Å². The van der Waals surface area contributed by atoms with Crippen LogP contribution >= 0.6 is 49.6 Å². The molecule has 0 unspecified atom stereocenters. The van der Waals surface area contributed by atoms with E-state index in [4.69, 9.17) is 5.11 Å². The first-order valence-electron chi connectivity index (χ1n) is 8.91. The molecule has 0 bridgehead atoms. The Hall–Kier alpha value is 0.180. The number of aliphatic hydroxyl groups is 1. The maximum absolute atomic E-state index is 9.14. The number of nitrogens with zero attached hydrogens (tertiary/aromatic N) is 1. The first-order chi connectivity index (χ1) is 11.4. The molecule has 0 spiro atoms. The molecule has 2 rings (SSSR count). The molecule has 27 heavy (non-hydrogen) atoms. The molecule has 0 aromatic heterocycles. The maximum Gasteiger partial charge on any atom is 0.0681 e. The molecule has 0 aliphatic carbocycles. The van der Waals surface area contributed by atoms with E-state index in [0.29, 0.717) is 0 Å². The smallest absolute Gasteiger partial charge is 0.0681 e. The van der Waals surface area contributed by atoms with Gasteiger partial charge < -0.3 is 21.1 Å². The Morgan fingerprint density at radius 2 is 1.19 bits per heavy atom. The van der Waals surface area contributed by atoms with Crippen LogP contribution in [-0.2, 0) is 13.2 Å². The zero-order chi connectivity index (χ0) is 16.2. The number of halogens is 4. The molecule has 162 valence electrons. The number of rotatable bonds is 3. The van der Waals surface area contributed by atoms with Crippen LogP contribution in [0.15, 0.2) is 24.3 Å². The lowest BCUT2D eigenvalue weighted by Crippen LogP contribution is -2.36. The Kier molecular flexibility index (Phi) is 24.7.